The highest BCUT2D eigenvalue weighted by atomic mass is 35.5. The van der Waals surface area contributed by atoms with Crippen LogP contribution in [0.2, 0.25) is 5.02 Å². The Balaban J connectivity index is 0.000000315. The fraction of sp³-hybridized carbons (Fsp3) is 0.467. The highest BCUT2D eigenvalue weighted by molar-refractivity contribution is 6.30. The van der Waals surface area contributed by atoms with Crippen LogP contribution in [-0.2, 0) is 16.1 Å². The summed E-state index contributed by atoms with van der Waals surface area (Å²) in [7, 11) is 0. The molecule has 0 spiro atoms. The molecule has 1 aliphatic heterocycles. The molecule has 2 N–H and O–H groups in total. The van der Waals surface area contributed by atoms with Crippen molar-refractivity contribution in [3.05, 3.63) is 34.9 Å². The lowest BCUT2D eigenvalue weighted by molar-refractivity contribution is -0.159. The van der Waals surface area contributed by atoms with E-state index in [2.05, 4.69) is 17.0 Å². The summed E-state index contributed by atoms with van der Waals surface area (Å²) in [5.41, 5.74) is 1.38. The Labute approximate surface area is 129 Å². The van der Waals surface area contributed by atoms with Crippen LogP contribution in [0.4, 0.5) is 0 Å². The van der Waals surface area contributed by atoms with Crippen molar-refractivity contribution >= 4 is 23.5 Å². The first-order chi connectivity index (χ1) is 9.99. The summed E-state index contributed by atoms with van der Waals surface area (Å²) in [4.78, 5) is 20.8. The van der Waals surface area contributed by atoms with Crippen LogP contribution in [0.25, 0.3) is 0 Å². The lowest BCUT2D eigenvalue weighted by Crippen LogP contribution is -2.23. The second-order valence-corrected chi connectivity index (χ2v) is 5.36. The summed E-state index contributed by atoms with van der Waals surface area (Å²) in [6.07, 6.45) is 5.51. The summed E-state index contributed by atoms with van der Waals surface area (Å²) in [6, 6.07) is 8.23. The molecule has 1 saturated heterocycles. The first-order valence-electron chi connectivity index (χ1n) is 6.92. The predicted molar refractivity (Wildman–Crippen MR) is 80.5 cm³/mol. The Morgan fingerprint density at radius 1 is 0.952 bits per heavy atom. The quantitative estimate of drug-likeness (QED) is 0.821. The van der Waals surface area contributed by atoms with Crippen molar-refractivity contribution in [3.63, 3.8) is 0 Å². The number of likely N-dealkylation sites (tertiary alicyclic amines) is 1. The molecule has 0 atom stereocenters. The van der Waals surface area contributed by atoms with Gasteiger partial charge in [0, 0.05) is 11.6 Å². The number of carboxylic acids is 2. The molecule has 6 heteroatoms. The van der Waals surface area contributed by atoms with Gasteiger partial charge in [0.15, 0.2) is 0 Å². The molecule has 21 heavy (non-hydrogen) atoms. The zero-order valence-electron chi connectivity index (χ0n) is 11.8. The van der Waals surface area contributed by atoms with Gasteiger partial charge in [-0.3, -0.25) is 4.90 Å². The van der Waals surface area contributed by atoms with Crippen LogP contribution < -0.4 is 0 Å². The van der Waals surface area contributed by atoms with E-state index in [1.54, 1.807) is 0 Å². The normalized spacial score (nSPS) is 15.5. The molecule has 0 radical (unpaired) electrons. The smallest absolute Gasteiger partial charge is 0.414 e. The number of hydrogen-bond donors (Lipinski definition) is 2. The molecule has 0 bridgehead atoms. The van der Waals surface area contributed by atoms with E-state index in [9.17, 15) is 0 Å². The van der Waals surface area contributed by atoms with E-state index in [1.807, 2.05) is 12.1 Å². The number of hydrogen-bond acceptors (Lipinski definition) is 3. The van der Waals surface area contributed by atoms with E-state index in [-0.39, 0.29) is 0 Å². The highest BCUT2D eigenvalue weighted by Crippen LogP contribution is 2.15. The summed E-state index contributed by atoms with van der Waals surface area (Å²) in [6.45, 7) is 3.59. The van der Waals surface area contributed by atoms with Crippen molar-refractivity contribution in [1.82, 2.24) is 4.90 Å². The fourth-order valence-corrected chi connectivity index (χ4v) is 2.27. The minimum atomic E-state index is -1.82. The van der Waals surface area contributed by atoms with E-state index < -0.39 is 11.9 Å². The van der Waals surface area contributed by atoms with E-state index in [1.165, 1.54) is 44.3 Å². The molecule has 2 rings (SSSR count). The van der Waals surface area contributed by atoms with Crippen LogP contribution in [0.5, 0.6) is 0 Å². The highest BCUT2D eigenvalue weighted by Gasteiger charge is 2.08. The van der Waals surface area contributed by atoms with Gasteiger partial charge in [-0.15, -0.1) is 0 Å². The lowest BCUT2D eigenvalue weighted by Gasteiger charge is -2.19. The molecule has 0 aliphatic carbocycles. The largest absolute Gasteiger partial charge is 0.473 e. The predicted octanol–water partition coefficient (Wildman–Crippen LogP) is 2.87. The number of benzene rings is 1. The molecule has 1 aliphatic rings. The van der Waals surface area contributed by atoms with Gasteiger partial charge in [-0.2, -0.15) is 0 Å². The first kappa shape index (κ1) is 17.5. The average molecular weight is 314 g/mol. The Hall–Kier alpha value is -1.59. The lowest BCUT2D eigenvalue weighted by atomic mass is 10.2. The van der Waals surface area contributed by atoms with Gasteiger partial charge in [0.25, 0.3) is 0 Å². The third-order valence-corrected chi connectivity index (χ3v) is 3.45. The molecule has 5 nitrogen and oxygen atoms in total. The van der Waals surface area contributed by atoms with Crippen LogP contribution in [0.15, 0.2) is 24.3 Å². The van der Waals surface area contributed by atoms with Gasteiger partial charge in [-0.05, 0) is 43.6 Å². The number of nitrogens with zero attached hydrogens (tertiary/aromatic N) is 1. The van der Waals surface area contributed by atoms with Gasteiger partial charge in [0.05, 0.1) is 0 Å². The van der Waals surface area contributed by atoms with Crippen molar-refractivity contribution < 1.29 is 19.8 Å². The minimum absolute atomic E-state index is 0.828. The molecule has 0 saturated carbocycles. The Morgan fingerprint density at radius 3 is 1.86 bits per heavy atom. The summed E-state index contributed by atoms with van der Waals surface area (Å²) in [5, 5.41) is 15.6. The molecule has 1 aromatic rings. The van der Waals surface area contributed by atoms with E-state index in [0.717, 1.165) is 11.6 Å². The second kappa shape index (κ2) is 9.37. The molecule has 1 heterocycles. The molecule has 116 valence electrons. The molecule has 1 fully saturated rings. The van der Waals surface area contributed by atoms with Crippen molar-refractivity contribution in [1.29, 1.82) is 0 Å². The zero-order valence-corrected chi connectivity index (χ0v) is 12.6. The Morgan fingerprint density at radius 2 is 1.43 bits per heavy atom. The average Bonchev–Trinajstić information content (AvgIpc) is 2.70. The number of halogens is 1. The third-order valence-electron chi connectivity index (χ3n) is 3.20. The maximum Gasteiger partial charge on any atom is 0.414 e. The molecule has 0 amide bonds. The van der Waals surface area contributed by atoms with Crippen LogP contribution in [0.3, 0.4) is 0 Å². The molecular weight excluding hydrogens is 294 g/mol. The maximum absolute atomic E-state index is 9.10. The summed E-state index contributed by atoms with van der Waals surface area (Å²) < 4.78 is 0. The molecule has 1 aromatic carbocycles. The standard InChI is InChI=1S/C13H18ClN.C2H2O4/c14-13-7-5-12(6-8-13)11-15-9-3-1-2-4-10-15;3-1(4)2(5)6/h5-8H,1-4,9-11H2;(H,3,4)(H,5,6). The van der Waals surface area contributed by atoms with Crippen LogP contribution in [0, 0.1) is 0 Å². The molecule has 0 aromatic heterocycles. The Bertz CT molecular complexity index is 441. The molecule has 0 unspecified atom stereocenters. The zero-order chi connectivity index (χ0) is 15.7. The minimum Gasteiger partial charge on any atom is -0.473 e. The van der Waals surface area contributed by atoms with Crippen LogP contribution in [-0.4, -0.2) is 40.1 Å². The maximum atomic E-state index is 9.10. The van der Waals surface area contributed by atoms with Crippen molar-refractivity contribution in [2.75, 3.05) is 13.1 Å². The van der Waals surface area contributed by atoms with Crippen molar-refractivity contribution in [3.8, 4) is 0 Å². The van der Waals surface area contributed by atoms with E-state index in [0.29, 0.717) is 0 Å². The van der Waals surface area contributed by atoms with Gasteiger partial charge in [-0.25, -0.2) is 9.59 Å². The van der Waals surface area contributed by atoms with Gasteiger partial charge >= 0.3 is 11.9 Å². The number of carbonyl (C=O) groups is 2. The van der Waals surface area contributed by atoms with Gasteiger partial charge in [-0.1, -0.05) is 36.6 Å². The molecular formula is C15H20ClNO4. The first-order valence-corrected chi connectivity index (χ1v) is 7.30. The number of aliphatic carboxylic acids is 2. The van der Waals surface area contributed by atoms with E-state index >= 15 is 0 Å². The van der Waals surface area contributed by atoms with Gasteiger partial charge < -0.3 is 10.2 Å². The summed E-state index contributed by atoms with van der Waals surface area (Å²) in [5.74, 6) is -3.65. The van der Waals surface area contributed by atoms with Crippen LogP contribution in [0.1, 0.15) is 31.2 Å². The monoisotopic (exact) mass is 313 g/mol. The number of carboxylic acid groups (broad SMARTS) is 2. The summed E-state index contributed by atoms with van der Waals surface area (Å²) >= 11 is 5.87. The topological polar surface area (TPSA) is 77.8 Å². The Kier molecular flexibility index (Phi) is 7.79. The van der Waals surface area contributed by atoms with E-state index in [4.69, 9.17) is 31.4 Å². The van der Waals surface area contributed by atoms with Crippen molar-refractivity contribution in [2.45, 2.75) is 32.2 Å². The SMILES string of the molecule is Clc1ccc(CN2CCCCCC2)cc1.O=C(O)C(=O)O. The number of rotatable bonds is 2. The van der Waals surface area contributed by atoms with Crippen LogP contribution >= 0.6 is 11.6 Å². The van der Waals surface area contributed by atoms with Gasteiger partial charge in [0.2, 0.25) is 0 Å². The van der Waals surface area contributed by atoms with Gasteiger partial charge in [0.1, 0.15) is 0 Å². The van der Waals surface area contributed by atoms with Crippen molar-refractivity contribution in [2.24, 2.45) is 0 Å². The second-order valence-electron chi connectivity index (χ2n) is 4.93. The fourth-order valence-electron chi connectivity index (χ4n) is 2.14. The third kappa shape index (κ3) is 7.68.